The van der Waals surface area contributed by atoms with E-state index in [0.29, 0.717) is 5.69 Å². The smallest absolute Gasteiger partial charge is 0.223 e. The third kappa shape index (κ3) is 3.04. The molecule has 22 heavy (non-hydrogen) atoms. The van der Waals surface area contributed by atoms with Crippen molar-refractivity contribution in [2.24, 2.45) is 27.2 Å². The molecule has 6 N–H and O–H groups in total. The van der Waals surface area contributed by atoms with Crippen molar-refractivity contribution in [2.75, 3.05) is 0 Å². The second-order valence-electron chi connectivity index (χ2n) is 4.54. The summed E-state index contributed by atoms with van der Waals surface area (Å²) in [6.07, 6.45) is 0. The minimum Gasteiger partial charge on any atom is -0.370 e. The fraction of sp³-hybridized carbons (Fsp3) is 0. The summed E-state index contributed by atoms with van der Waals surface area (Å²) >= 11 is 1.65. The average Bonchev–Trinajstić information content (AvgIpc) is 2.91. The molecule has 3 aromatic rings. The van der Waals surface area contributed by atoms with Crippen LogP contribution in [0.5, 0.6) is 0 Å². The minimum atomic E-state index is -0.118. The molecular formula is C15H14N6S. The molecule has 0 saturated carbocycles. The molecule has 6 nitrogen and oxygen atoms in total. The van der Waals surface area contributed by atoms with Crippen molar-refractivity contribution in [1.82, 2.24) is 4.98 Å². The van der Waals surface area contributed by atoms with Crippen LogP contribution in [0.15, 0.2) is 58.5 Å². The van der Waals surface area contributed by atoms with Crippen molar-refractivity contribution in [1.29, 1.82) is 0 Å². The van der Waals surface area contributed by atoms with Crippen LogP contribution in [0.4, 0.5) is 5.69 Å². The molecule has 0 radical (unpaired) electrons. The summed E-state index contributed by atoms with van der Waals surface area (Å²) in [6.45, 7) is 0. The fourth-order valence-corrected chi connectivity index (χ4v) is 2.93. The fourth-order valence-electron chi connectivity index (χ4n) is 1.96. The molecule has 110 valence electrons. The van der Waals surface area contributed by atoms with Gasteiger partial charge in [0.2, 0.25) is 5.96 Å². The van der Waals surface area contributed by atoms with Gasteiger partial charge in [0.25, 0.3) is 0 Å². The second-order valence-corrected chi connectivity index (χ2v) is 5.57. The van der Waals surface area contributed by atoms with Gasteiger partial charge in [-0.25, -0.2) is 9.98 Å². The molecule has 0 saturated heterocycles. The van der Waals surface area contributed by atoms with Crippen LogP contribution in [0.2, 0.25) is 0 Å². The van der Waals surface area contributed by atoms with Crippen LogP contribution >= 0.6 is 11.3 Å². The van der Waals surface area contributed by atoms with Crippen molar-refractivity contribution in [3.63, 3.8) is 0 Å². The van der Waals surface area contributed by atoms with E-state index < -0.39 is 0 Å². The Balaban J connectivity index is 1.89. The number of nitrogens with two attached hydrogens (primary N) is 3. The monoisotopic (exact) mass is 310 g/mol. The van der Waals surface area contributed by atoms with E-state index in [4.69, 9.17) is 17.2 Å². The van der Waals surface area contributed by atoms with Gasteiger partial charge in [-0.2, -0.15) is 4.99 Å². The van der Waals surface area contributed by atoms with Crippen LogP contribution in [-0.2, 0) is 0 Å². The standard InChI is InChI=1S/C15H14N6S/c16-14(17)21-15(18)19-10-7-5-9(6-8-10)13-20-11-3-1-2-4-12(11)22-13/h1-8H,(H6,16,17,18,19,21). The third-order valence-corrected chi connectivity index (χ3v) is 3.98. The molecule has 7 heteroatoms. The van der Waals surface area contributed by atoms with Crippen molar-refractivity contribution in [3.8, 4) is 10.6 Å². The van der Waals surface area contributed by atoms with E-state index in [2.05, 4.69) is 21.0 Å². The maximum absolute atomic E-state index is 5.60. The molecule has 2 aromatic carbocycles. The number of benzene rings is 2. The summed E-state index contributed by atoms with van der Waals surface area (Å²) in [5.74, 6) is -0.0971. The Hall–Kier alpha value is -2.93. The van der Waals surface area contributed by atoms with Crippen molar-refractivity contribution in [2.45, 2.75) is 0 Å². The molecule has 0 bridgehead atoms. The van der Waals surface area contributed by atoms with Gasteiger partial charge in [0.1, 0.15) is 5.01 Å². The maximum atomic E-state index is 5.60. The van der Waals surface area contributed by atoms with Gasteiger partial charge < -0.3 is 17.2 Å². The quantitative estimate of drug-likeness (QED) is 0.497. The highest BCUT2D eigenvalue weighted by Gasteiger charge is 2.05. The van der Waals surface area contributed by atoms with Crippen molar-refractivity contribution < 1.29 is 0 Å². The summed E-state index contributed by atoms with van der Waals surface area (Å²) in [6, 6.07) is 15.6. The van der Waals surface area contributed by atoms with Gasteiger partial charge in [0, 0.05) is 5.56 Å². The number of guanidine groups is 2. The summed E-state index contributed by atoms with van der Waals surface area (Å²) in [4.78, 5) is 12.4. The average molecular weight is 310 g/mol. The van der Waals surface area contributed by atoms with E-state index in [-0.39, 0.29) is 11.9 Å². The Kier molecular flexibility index (Phi) is 3.71. The van der Waals surface area contributed by atoms with Gasteiger partial charge in [0.15, 0.2) is 5.96 Å². The Morgan fingerprint density at radius 2 is 1.68 bits per heavy atom. The second kappa shape index (κ2) is 5.82. The highest BCUT2D eigenvalue weighted by molar-refractivity contribution is 7.21. The topological polar surface area (TPSA) is 116 Å². The number of para-hydroxylation sites is 1. The van der Waals surface area contributed by atoms with Crippen LogP contribution in [0.25, 0.3) is 20.8 Å². The Morgan fingerprint density at radius 3 is 2.36 bits per heavy atom. The van der Waals surface area contributed by atoms with Gasteiger partial charge in [0.05, 0.1) is 15.9 Å². The first-order valence-corrected chi connectivity index (χ1v) is 7.33. The molecule has 0 aliphatic carbocycles. The first-order valence-electron chi connectivity index (χ1n) is 6.51. The molecule has 0 spiro atoms. The highest BCUT2D eigenvalue weighted by atomic mass is 32.1. The SMILES string of the molecule is NC(N)=NC(N)=Nc1ccc(-c2nc3ccccc3s2)cc1. The maximum Gasteiger partial charge on any atom is 0.223 e. The van der Waals surface area contributed by atoms with E-state index >= 15 is 0 Å². The number of hydrogen-bond donors (Lipinski definition) is 3. The minimum absolute atomic E-state index is 0.0211. The lowest BCUT2D eigenvalue weighted by Crippen LogP contribution is -2.26. The van der Waals surface area contributed by atoms with Crippen LogP contribution < -0.4 is 17.2 Å². The molecule has 3 rings (SSSR count). The number of thiazole rings is 1. The zero-order valence-corrected chi connectivity index (χ0v) is 12.4. The van der Waals surface area contributed by atoms with Crippen molar-refractivity contribution >= 4 is 39.2 Å². The largest absolute Gasteiger partial charge is 0.370 e. The predicted octanol–water partition coefficient (Wildman–Crippen LogP) is 2.18. The lowest BCUT2D eigenvalue weighted by Gasteiger charge is -1.98. The number of hydrogen-bond acceptors (Lipinski definition) is 3. The highest BCUT2D eigenvalue weighted by Crippen LogP contribution is 2.30. The van der Waals surface area contributed by atoms with Gasteiger partial charge >= 0.3 is 0 Å². The molecule has 0 aliphatic rings. The number of fused-ring (bicyclic) bond motifs is 1. The summed E-state index contributed by atoms with van der Waals surface area (Å²) < 4.78 is 1.16. The van der Waals surface area contributed by atoms with E-state index in [1.807, 2.05) is 42.5 Å². The molecule has 0 fully saturated rings. The lowest BCUT2D eigenvalue weighted by atomic mass is 10.2. The van der Waals surface area contributed by atoms with Gasteiger partial charge in [-0.15, -0.1) is 11.3 Å². The zero-order chi connectivity index (χ0) is 15.5. The van der Waals surface area contributed by atoms with Crippen LogP contribution in [0.3, 0.4) is 0 Å². The van der Waals surface area contributed by atoms with Crippen LogP contribution in [0, 0.1) is 0 Å². The molecule has 1 aromatic heterocycles. The van der Waals surface area contributed by atoms with Gasteiger partial charge in [-0.3, -0.25) is 0 Å². The van der Waals surface area contributed by atoms with E-state index in [1.165, 1.54) is 0 Å². The first kappa shape index (κ1) is 14.0. The number of aliphatic imine (C=N–C) groups is 2. The predicted molar refractivity (Wildman–Crippen MR) is 92.1 cm³/mol. The lowest BCUT2D eigenvalue weighted by molar-refractivity contribution is 1.38. The summed E-state index contributed by atoms with van der Waals surface area (Å²) in [5.41, 5.74) is 18.8. The van der Waals surface area contributed by atoms with Crippen LogP contribution in [0.1, 0.15) is 0 Å². The molecule has 0 amide bonds. The molecule has 0 aliphatic heterocycles. The normalized spacial score (nSPS) is 11.5. The van der Waals surface area contributed by atoms with E-state index in [1.54, 1.807) is 11.3 Å². The molecule has 0 atom stereocenters. The Morgan fingerprint density at radius 1 is 0.955 bits per heavy atom. The zero-order valence-electron chi connectivity index (χ0n) is 11.6. The molecule has 0 unspecified atom stereocenters. The van der Waals surface area contributed by atoms with E-state index in [0.717, 1.165) is 20.8 Å². The molecule has 1 heterocycles. The number of aromatic nitrogens is 1. The third-order valence-electron chi connectivity index (χ3n) is 2.90. The van der Waals surface area contributed by atoms with Gasteiger partial charge in [-0.05, 0) is 36.4 Å². The Bertz CT molecular complexity index is 826. The number of nitrogens with zero attached hydrogens (tertiary/aromatic N) is 3. The van der Waals surface area contributed by atoms with Crippen LogP contribution in [-0.4, -0.2) is 16.9 Å². The van der Waals surface area contributed by atoms with E-state index in [9.17, 15) is 0 Å². The van der Waals surface area contributed by atoms with Crippen molar-refractivity contribution in [3.05, 3.63) is 48.5 Å². The van der Waals surface area contributed by atoms with Gasteiger partial charge in [-0.1, -0.05) is 12.1 Å². The number of rotatable bonds is 2. The first-order chi connectivity index (χ1) is 10.6. The summed E-state index contributed by atoms with van der Waals surface area (Å²) in [7, 11) is 0. The molecular weight excluding hydrogens is 296 g/mol. The summed E-state index contributed by atoms with van der Waals surface area (Å²) in [5, 5.41) is 0.967. The Labute approximate surface area is 131 Å².